The summed E-state index contributed by atoms with van der Waals surface area (Å²) in [7, 11) is 0. The summed E-state index contributed by atoms with van der Waals surface area (Å²) in [5.74, 6) is 0.0956. The highest BCUT2D eigenvalue weighted by molar-refractivity contribution is 5.87. The quantitative estimate of drug-likeness (QED) is 0.527. The van der Waals surface area contributed by atoms with Gasteiger partial charge in [-0.25, -0.2) is 0 Å². The molecule has 0 unspecified atom stereocenters. The first-order chi connectivity index (χ1) is 7.22. The van der Waals surface area contributed by atoms with Crippen LogP contribution in [0.2, 0.25) is 0 Å². The number of carbonyl (C=O) groups is 1. The van der Waals surface area contributed by atoms with Crippen molar-refractivity contribution in [2.24, 2.45) is 0 Å². The Morgan fingerprint density at radius 3 is 2.20 bits per heavy atom. The number of hydrogen-bond donors (Lipinski definition) is 0. The molecule has 1 rings (SSSR count). The van der Waals surface area contributed by atoms with E-state index in [9.17, 15) is 4.79 Å². The number of hydrogen-bond acceptors (Lipinski definition) is 1. The highest BCUT2D eigenvalue weighted by Gasteiger charge is 1.91. The van der Waals surface area contributed by atoms with Crippen LogP contribution in [0.15, 0.2) is 49.1 Å². The lowest BCUT2D eigenvalue weighted by Crippen LogP contribution is -1.86. The molecule has 0 aliphatic carbocycles. The minimum atomic E-state index is 0.0956. The fourth-order valence-electron chi connectivity index (χ4n) is 1.34. The van der Waals surface area contributed by atoms with Crippen molar-refractivity contribution >= 4 is 5.78 Å². The van der Waals surface area contributed by atoms with Crippen LogP contribution in [0.5, 0.6) is 0 Å². The van der Waals surface area contributed by atoms with Crippen LogP contribution in [-0.4, -0.2) is 5.78 Å². The number of ketones is 1. The van der Waals surface area contributed by atoms with Gasteiger partial charge in [-0.3, -0.25) is 4.79 Å². The highest BCUT2D eigenvalue weighted by Crippen LogP contribution is 2.06. The molecule has 0 saturated carbocycles. The third kappa shape index (κ3) is 4.41. The van der Waals surface area contributed by atoms with Gasteiger partial charge in [0.15, 0.2) is 5.78 Å². The van der Waals surface area contributed by atoms with E-state index in [1.54, 1.807) is 13.0 Å². The molecule has 15 heavy (non-hydrogen) atoms. The number of allylic oxidation sites excluding steroid dienone is 3. The summed E-state index contributed by atoms with van der Waals surface area (Å²) >= 11 is 0. The smallest absolute Gasteiger partial charge is 0.152 e. The fraction of sp³-hybridized carbons (Fsp3) is 0.214. The van der Waals surface area contributed by atoms with Crippen LogP contribution in [0.1, 0.15) is 18.1 Å². The van der Waals surface area contributed by atoms with Crippen LogP contribution in [0.25, 0.3) is 0 Å². The summed E-state index contributed by atoms with van der Waals surface area (Å²) in [6.45, 7) is 5.26. The van der Waals surface area contributed by atoms with Gasteiger partial charge in [0.1, 0.15) is 0 Å². The van der Waals surface area contributed by atoms with Crippen LogP contribution in [0.4, 0.5) is 0 Å². The summed E-state index contributed by atoms with van der Waals surface area (Å²) in [5.41, 5.74) is 2.49. The molecular formula is C14H16O. The van der Waals surface area contributed by atoms with Crippen molar-refractivity contribution in [2.45, 2.75) is 19.8 Å². The zero-order valence-electron chi connectivity index (χ0n) is 9.07. The first kappa shape index (κ1) is 11.4. The first-order valence-electron chi connectivity index (χ1n) is 5.08. The average Bonchev–Trinajstić information content (AvgIpc) is 2.20. The van der Waals surface area contributed by atoms with Gasteiger partial charge in [0.25, 0.3) is 0 Å². The molecule has 0 amide bonds. The molecule has 0 aromatic heterocycles. The number of carbonyl (C=O) groups excluding carboxylic acids is 1. The summed E-state index contributed by atoms with van der Waals surface area (Å²) in [6, 6.07) is 8.36. The second-order valence-electron chi connectivity index (χ2n) is 3.53. The van der Waals surface area contributed by atoms with E-state index in [-0.39, 0.29) is 5.78 Å². The standard InChI is InChI=1S/C14H16O/c1-3-5-13-8-10-14(11-9-13)7-4-6-12(2)15/h3-4,6,8-11H,1,5,7H2,2H3/b6-4+. The van der Waals surface area contributed by atoms with Crippen molar-refractivity contribution in [2.75, 3.05) is 0 Å². The van der Waals surface area contributed by atoms with Crippen LogP contribution >= 0.6 is 0 Å². The number of benzene rings is 1. The maximum atomic E-state index is 10.7. The largest absolute Gasteiger partial charge is 0.295 e. The van der Waals surface area contributed by atoms with Gasteiger partial charge in [-0.2, -0.15) is 0 Å². The van der Waals surface area contributed by atoms with Crippen molar-refractivity contribution in [1.29, 1.82) is 0 Å². The van der Waals surface area contributed by atoms with Gasteiger partial charge in [-0.1, -0.05) is 36.4 Å². The van der Waals surface area contributed by atoms with Gasteiger partial charge in [0.05, 0.1) is 0 Å². The van der Waals surface area contributed by atoms with Gasteiger partial charge in [-0.05, 0) is 37.0 Å². The summed E-state index contributed by atoms with van der Waals surface area (Å²) in [5, 5.41) is 0. The molecule has 78 valence electrons. The Balaban J connectivity index is 2.56. The van der Waals surface area contributed by atoms with Crippen LogP contribution < -0.4 is 0 Å². The Labute approximate surface area is 91.1 Å². The van der Waals surface area contributed by atoms with E-state index in [1.165, 1.54) is 11.1 Å². The lowest BCUT2D eigenvalue weighted by molar-refractivity contribution is -0.112. The fourth-order valence-corrected chi connectivity index (χ4v) is 1.34. The predicted octanol–water partition coefficient (Wildman–Crippen LogP) is 3.10. The Kier molecular flexibility index (Phi) is 4.55. The molecule has 0 atom stereocenters. The normalized spacial score (nSPS) is 10.5. The third-order valence-corrected chi connectivity index (χ3v) is 2.11. The molecule has 1 heteroatoms. The lowest BCUT2D eigenvalue weighted by atomic mass is 10.1. The lowest BCUT2D eigenvalue weighted by Gasteiger charge is -1.99. The monoisotopic (exact) mass is 200 g/mol. The van der Waals surface area contributed by atoms with Gasteiger partial charge < -0.3 is 0 Å². The Morgan fingerprint density at radius 2 is 1.73 bits per heavy atom. The Hall–Kier alpha value is -1.63. The van der Waals surface area contributed by atoms with Crippen molar-refractivity contribution in [1.82, 2.24) is 0 Å². The second-order valence-corrected chi connectivity index (χ2v) is 3.53. The summed E-state index contributed by atoms with van der Waals surface area (Å²) < 4.78 is 0. The van der Waals surface area contributed by atoms with Crippen LogP contribution in [0.3, 0.4) is 0 Å². The molecular weight excluding hydrogens is 184 g/mol. The molecule has 0 heterocycles. The molecule has 0 aliphatic heterocycles. The SMILES string of the molecule is C=CCc1ccc(C/C=C/C(C)=O)cc1. The van der Waals surface area contributed by atoms with Gasteiger partial charge >= 0.3 is 0 Å². The second kappa shape index (κ2) is 5.97. The van der Waals surface area contributed by atoms with Crippen molar-refractivity contribution < 1.29 is 4.79 Å². The van der Waals surface area contributed by atoms with Crippen molar-refractivity contribution in [3.05, 3.63) is 60.2 Å². The average molecular weight is 200 g/mol. The van der Waals surface area contributed by atoms with E-state index in [0.29, 0.717) is 0 Å². The predicted molar refractivity (Wildman–Crippen MR) is 63.9 cm³/mol. The molecule has 0 N–H and O–H groups in total. The molecule has 1 aromatic carbocycles. The molecule has 0 aliphatic rings. The molecule has 0 fully saturated rings. The van der Waals surface area contributed by atoms with Gasteiger partial charge in [0, 0.05) is 0 Å². The zero-order valence-corrected chi connectivity index (χ0v) is 9.07. The summed E-state index contributed by atoms with van der Waals surface area (Å²) in [4.78, 5) is 10.7. The molecule has 0 radical (unpaired) electrons. The summed E-state index contributed by atoms with van der Waals surface area (Å²) in [6.07, 6.45) is 7.12. The van der Waals surface area contributed by atoms with Crippen molar-refractivity contribution in [3.63, 3.8) is 0 Å². The Morgan fingerprint density at radius 1 is 1.20 bits per heavy atom. The van der Waals surface area contributed by atoms with E-state index >= 15 is 0 Å². The number of rotatable bonds is 5. The van der Waals surface area contributed by atoms with E-state index in [4.69, 9.17) is 0 Å². The van der Waals surface area contributed by atoms with E-state index in [2.05, 4.69) is 30.8 Å². The zero-order chi connectivity index (χ0) is 11.1. The molecule has 0 saturated heterocycles. The van der Waals surface area contributed by atoms with Gasteiger partial charge in [0.2, 0.25) is 0 Å². The topological polar surface area (TPSA) is 17.1 Å². The first-order valence-corrected chi connectivity index (χ1v) is 5.08. The van der Waals surface area contributed by atoms with Crippen molar-refractivity contribution in [3.8, 4) is 0 Å². The maximum Gasteiger partial charge on any atom is 0.152 e. The molecule has 1 nitrogen and oxygen atoms in total. The minimum Gasteiger partial charge on any atom is -0.295 e. The molecule has 1 aromatic rings. The third-order valence-electron chi connectivity index (χ3n) is 2.11. The van der Waals surface area contributed by atoms with E-state index in [1.807, 2.05) is 12.2 Å². The Bertz CT molecular complexity index is 357. The van der Waals surface area contributed by atoms with Gasteiger partial charge in [-0.15, -0.1) is 6.58 Å². The molecule has 0 bridgehead atoms. The van der Waals surface area contributed by atoms with Crippen LogP contribution in [-0.2, 0) is 17.6 Å². The molecule has 0 spiro atoms. The highest BCUT2D eigenvalue weighted by atomic mass is 16.1. The minimum absolute atomic E-state index is 0.0956. The van der Waals surface area contributed by atoms with E-state index in [0.717, 1.165) is 12.8 Å². The van der Waals surface area contributed by atoms with Crippen LogP contribution in [0, 0.1) is 0 Å². The van der Waals surface area contributed by atoms with E-state index < -0.39 is 0 Å². The maximum absolute atomic E-state index is 10.7.